The van der Waals surface area contributed by atoms with E-state index >= 15 is 0 Å². The van der Waals surface area contributed by atoms with Crippen molar-refractivity contribution in [3.63, 3.8) is 0 Å². The summed E-state index contributed by atoms with van der Waals surface area (Å²) in [6.45, 7) is 7.02. The van der Waals surface area contributed by atoms with E-state index in [-0.39, 0.29) is 6.10 Å². The van der Waals surface area contributed by atoms with Gasteiger partial charge in [-0.05, 0) is 56.1 Å². The Hall–Kier alpha value is -2.00. The van der Waals surface area contributed by atoms with Crippen LogP contribution in [0.15, 0.2) is 42.5 Å². The molecule has 0 atom stereocenters. The fourth-order valence-corrected chi connectivity index (χ4v) is 3.18. The van der Waals surface area contributed by atoms with E-state index in [2.05, 4.69) is 66.5 Å². The zero-order chi connectivity index (χ0) is 16.2. The van der Waals surface area contributed by atoms with Gasteiger partial charge in [0.25, 0.3) is 0 Å². The molecule has 0 aliphatic carbocycles. The Labute approximate surface area is 139 Å². The van der Waals surface area contributed by atoms with E-state index in [0.29, 0.717) is 0 Å². The van der Waals surface area contributed by atoms with Crippen LogP contribution < -0.4 is 15.0 Å². The normalized spacial score (nSPS) is 14.0. The highest BCUT2D eigenvalue weighted by molar-refractivity contribution is 5.61. The molecule has 0 aromatic heterocycles. The summed E-state index contributed by atoms with van der Waals surface area (Å²) in [6.07, 6.45) is 1.27. The molecule has 0 fully saturated rings. The Morgan fingerprint density at radius 3 is 2.65 bits per heavy atom. The quantitative estimate of drug-likeness (QED) is 0.910. The fourth-order valence-electron chi connectivity index (χ4n) is 3.18. The number of anilines is 1. The van der Waals surface area contributed by atoms with Gasteiger partial charge >= 0.3 is 0 Å². The molecule has 3 nitrogen and oxygen atoms in total. The van der Waals surface area contributed by atoms with Crippen LogP contribution in [0.5, 0.6) is 5.75 Å². The molecule has 1 aliphatic heterocycles. The molecular formula is C20H26N2O. The highest BCUT2D eigenvalue weighted by Gasteiger charge is 2.19. The van der Waals surface area contributed by atoms with E-state index in [1.807, 2.05) is 7.05 Å². The van der Waals surface area contributed by atoms with Gasteiger partial charge in [-0.25, -0.2) is 0 Å². The van der Waals surface area contributed by atoms with E-state index in [0.717, 1.165) is 31.8 Å². The van der Waals surface area contributed by atoms with E-state index in [9.17, 15) is 0 Å². The summed E-state index contributed by atoms with van der Waals surface area (Å²) in [5.74, 6) is 0.993. The molecule has 0 saturated carbocycles. The van der Waals surface area contributed by atoms with Gasteiger partial charge in [0, 0.05) is 19.6 Å². The van der Waals surface area contributed by atoms with E-state index in [1.165, 1.54) is 22.4 Å². The first-order chi connectivity index (χ1) is 11.2. The fraction of sp³-hybridized carbons (Fsp3) is 0.400. The molecule has 0 bridgehead atoms. The minimum atomic E-state index is 0.177. The monoisotopic (exact) mass is 310 g/mol. The summed E-state index contributed by atoms with van der Waals surface area (Å²) >= 11 is 0. The Balaban J connectivity index is 1.89. The van der Waals surface area contributed by atoms with Gasteiger partial charge in [0.05, 0.1) is 11.8 Å². The molecule has 122 valence electrons. The van der Waals surface area contributed by atoms with E-state index in [1.54, 1.807) is 0 Å². The molecule has 3 heteroatoms. The van der Waals surface area contributed by atoms with Crippen molar-refractivity contribution in [2.24, 2.45) is 0 Å². The number of rotatable bonds is 5. The molecule has 0 saturated heterocycles. The highest BCUT2D eigenvalue weighted by Crippen LogP contribution is 2.34. The zero-order valence-electron chi connectivity index (χ0n) is 14.3. The van der Waals surface area contributed by atoms with Crippen LogP contribution in [0.25, 0.3) is 0 Å². The van der Waals surface area contributed by atoms with Crippen LogP contribution in [0.3, 0.4) is 0 Å². The minimum absolute atomic E-state index is 0.177. The predicted octanol–water partition coefficient (Wildman–Crippen LogP) is 3.76. The Bertz CT molecular complexity index is 666. The van der Waals surface area contributed by atoms with Crippen LogP contribution in [0.4, 0.5) is 5.69 Å². The van der Waals surface area contributed by atoms with Gasteiger partial charge < -0.3 is 15.0 Å². The largest absolute Gasteiger partial charge is 0.489 e. The lowest BCUT2D eigenvalue weighted by Gasteiger charge is -2.32. The third kappa shape index (κ3) is 3.67. The maximum Gasteiger partial charge on any atom is 0.143 e. The number of nitrogens with one attached hydrogen (secondary N) is 1. The van der Waals surface area contributed by atoms with Crippen molar-refractivity contribution < 1.29 is 4.74 Å². The van der Waals surface area contributed by atoms with Crippen LogP contribution in [-0.2, 0) is 19.5 Å². The topological polar surface area (TPSA) is 24.5 Å². The second-order valence-electron chi connectivity index (χ2n) is 6.44. The van der Waals surface area contributed by atoms with Crippen molar-refractivity contribution in [1.82, 2.24) is 5.32 Å². The summed E-state index contributed by atoms with van der Waals surface area (Å²) in [5.41, 5.74) is 5.35. The standard InChI is InChI=1S/C20H26N2O/c1-15(2)23-20-12-16(13-21-3)8-9-19(20)22-11-10-17-6-4-5-7-18(17)14-22/h4-9,12,15,21H,10-11,13-14H2,1-3H3. The summed E-state index contributed by atoms with van der Waals surface area (Å²) < 4.78 is 6.10. The molecule has 3 rings (SSSR count). The van der Waals surface area contributed by atoms with Crippen molar-refractivity contribution in [2.75, 3.05) is 18.5 Å². The molecule has 0 radical (unpaired) electrons. The number of benzene rings is 2. The van der Waals surface area contributed by atoms with Gasteiger partial charge in [-0.1, -0.05) is 30.3 Å². The zero-order valence-corrected chi connectivity index (χ0v) is 14.3. The molecule has 2 aromatic carbocycles. The average molecular weight is 310 g/mol. The molecule has 1 heterocycles. The predicted molar refractivity (Wildman–Crippen MR) is 96.2 cm³/mol. The van der Waals surface area contributed by atoms with E-state index in [4.69, 9.17) is 4.74 Å². The first kappa shape index (κ1) is 15.9. The first-order valence-corrected chi connectivity index (χ1v) is 8.43. The number of hydrogen-bond donors (Lipinski definition) is 1. The Kier molecular flexibility index (Phi) is 4.87. The van der Waals surface area contributed by atoms with Crippen molar-refractivity contribution >= 4 is 5.69 Å². The molecule has 0 spiro atoms. The van der Waals surface area contributed by atoms with Crippen LogP contribution in [0.2, 0.25) is 0 Å². The lowest BCUT2D eigenvalue weighted by molar-refractivity contribution is 0.242. The summed E-state index contributed by atoms with van der Waals surface area (Å²) in [5, 5.41) is 3.21. The van der Waals surface area contributed by atoms with Gasteiger partial charge in [-0.2, -0.15) is 0 Å². The minimum Gasteiger partial charge on any atom is -0.489 e. The number of fused-ring (bicyclic) bond motifs is 1. The molecule has 2 aromatic rings. The Morgan fingerprint density at radius 1 is 1.13 bits per heavy atom. The van der Waals surface area contributed by atoms with Gasteiger partial charge in [-0.3, -0.25) is 0 Å². The number of ether oxygens (including phenoxy) is 1. The van der Waals surface area contributed by atoms with Gasteiger partial charge in [0.15, 0.2) is 0 Å². The lowest BCUT2D eigenvalue weighted by Crippen LogP contribution is -2.31. The molecule has 0 unspecified atom stereocenters. The summed E-state index contributed by atoms with van der Waals surface area (Å²) in [6, 6.07) is 15.3. The maximum absolute atomic E-state index is 6.10. The molecule has 1 N–H and O–H groups in total. The third-order valence-electron chi connectivity index (χ3n) is 4.24. The average Bonchev–Trinajstić information content (AvgIpc) is 2.54. The van der Waals surface area contributed by atoms with Gasteiger partial charge in [0.2, 0.25) is 0 Å². The van der Waals surface area contributed by atoms with Crippen LogP contribution >= 0.6 is 0 Å². The SMILES string of the molecule is CNCc1ccc(N2CCc3ccccc3C2)c(OC(C)C)c1. The van der Waals surface area contributed by atoms with E-state index < -0.39 is 0 Å². The van der Waals surface area contributed by atoms with Crippen LogP contribution in [-0.4, -0.2) is 19.7 Å². The maximum atomic E-state index is 6.10. The second-order valence-corrected chi connectivity index (χ2v) is 6.44. The number of hydrogen-bond acceptors (Lipinski definition) is 3. The van der Waals surface area contributed by atoms with Gasteiger partial charge in [-0.15, -0.1) is 0 Å². The lowest BCUT2D eigenvalue weighted by atomic mass is 9.99. The molecular weight excluding hydrogens is 284 g/mol. The third-order valence-corrected chi connectivity index (χ3v) is 4.24. The van der Waals surface area contributed by atoms with Crippen molar-refractivity contribution in [1.29, 1.82) is 0 Å². The summed E-state index contributed by atoms with van der Waals surface area (Å²) in [7, 11) is 1.97. The first-order valence-electron chi connectivity index (χ1n) is 8.43. The second kappa shape index (κ2) is 7.05. The molecule has 0 amide bonds. The van der Waals surface area contributed by atoms with Crippen molar-refractivity contribution in [3.8, 4) is 5.75 Å². The smallest absolute Gasteiger partial charge is 0.143 e. The van der Waals surface area contributed by atoms with Crippen LogP contribution in [0.1, 0.15) is 30.5 Å². The van der Waals surface area contributed by atoms with Crippen LogP contribution in [0, 0.1) is 0 Å². The summed E-state index contributed by atoms with van der Waals surface area (Å²) in [4.78, 5) is 2.43. The highest BCUT2D eigenvalue weighted by atomic mass is 16.5. The van der Waals surface area contributed by atoms with Crippen molar-refractivity contribution in [2.45, 2.75) is 39.5 Å². The van der Waals surface area contributed by atoms with Gasteiger partial charge in [0.1, 0.15) is 5.75 Å². The Morgan fingerprint density at radius 2 is 1.91 bits per heavy atom. The molecule has 23 heavy (non-hydrogen) atoms. The van der Waals surface area contributed by atoms with Crippen molar-refractivity contribution in [3.05, 3.63) is 59.2 Å². The number of nitrogens with zero attached hydrogens (tertiary/aromatic N) is 1. The molecule has 1 aliphatic rings.